The Labute approximate surface area is 110 Å². The zero-order chi connectivity index (χ0) is 13.3. The fraction of sp³-hybridized carbons (Fsp3) is 0.455. The predicted octanol–water partition coefficient (Wildman–Crippen LogP) is 1.77. The summed E-state index contributed by atoms with van der Waals surface area (Å²) in [5, 5.41) is 9.78. The molecule has 18 heavy (non-hydrogen) atoms. The Hall–Kier alpha value is -1.63. The third-order valence-corrected chi connectivity index (χ3v) is 3.75. The molecule has 0 radical (unpaired) electrons. The molecule has 0 aliphatic rings. The van der Waals surface area contributed by atoms with Crippen LogP contribution in [0.4, 0.5) is 5.82 Å². The number of aromatic nitrogens is 5. The van der Waals surface area contributed by atoms with Crippen LogP contribution in [-0.2, 0) is 7.05 Å². The van der Waals surface area contributed by atoms with Crippen LogP contribution in [0.1, 0.15) is 31.2 Å². The molecule has 6 nitrogen and oxygen atoms in total. The van der Waals surface area contributed by atoms with Crippen LogP contribution >= 0.6 is 11.8 Å². The lowest BCUT2D eigenvalue weighted by molar-refractivity contribution is 0.759. The third kappa shape index (κ3) is 2.31. The van der Waals surface area contributed by atoms with Gasteiger partial charge in [0.25, 0.3) is 0 Å². The number of nitrogen functional groups attached to an aromatic ring is 1. The largest absolute Gasteiger partial charge is 0.383 e. The Kier molecular flexibility index (Phi) is 3.51. The lowest BCUT2D eigenvalue weighted by atomic mass is 10.1. The molecule has 0 amide bonds. The highest BCUT2D eigenvalue weighted by Gasteiger charge is 2.16. The van der Waals surface area contributed by atoms with E-state index >= 15 is 0 Å². The summed E-state index contributed by atoms with van der Waals surface area (Å²) in [5.41, 5.74) is 6.87. The van der Waals surface area contributed by atoms with Gasteiger partial charge in [-0.05, 0) is 24.6 Å². The molecular formula is C11H16N6S. The van der Waals surface area contributed by atoms with Crippen molar-refractivity contribution in [2.24, 2.45) is 7.05 Å². The summed E-state index contributed by atoms with van der Waals surface area (Å²) >= 11 is 1.46. The number of nitrogens with zero attached hydrogens (tertiary/aromatic N) is 5. The van der Waals surface area contributed by atoms with E-state index in [2.05, 4.69) is 34.0 Å². The first-order chi connectivity index (χ1) is 8.50. The number of hydrogen-bond acceptors (Lipinski definition) is 6. The first kappa shape index (κ1) is 12.8. The molecule has 0 atom stereocenters. The van der Waals surface area contributed by atoms with Crippen LogP contribution in [-0.4, -0.2) is 24.7 Å². The second-order valence-corrected chi connectivity index (χ2v) is 5.28. The van der Waals surface area contributed by atoms with Gasteiger partial charge in [0.2, 0.25) is 0 Å². The predicted molar refractivity (Wildman–Crippen MR) is 70.4 cm³/mol. The highest BCUT2D eigenvalue weighted by Crippen LogP contribution is 2.33. The van der Waals surface area contributed by atoms with Crippen LogP contribution in [0.25, 0.3) is 0 Å². The van der Waals surface area contributed by atoms with E-state index in [0.717, 1.165) is 21.6 Å². The maximum Gasteiger partial charge on any atom is 0.197 e. The van der Waals surface area contributed by atoms with Crippen molar-refractivity contribution in [3.63, 3.8) is 0 Å². The highest BCUT2D eigenvalue weighted by atomic mass is 32.2. The Morgan fingerprint density at radius 3 is 2.56 bits per heavy atom. The molecule has 2 aromatic heterocycles. The molecule has 0 saturated heterocycles. The normalized spacial score (nSPS) is 11.2. The lowest BCUT2D eigenvalue weighted by Crippen LogP contribution is -2.04. The van der Waals surface area contributed by atoms with Gasteiger partial charge in [0.1, 0.15) is 23.0 Å². The van der Waals surface area contributed by atoms with Crippen molar-refractivity contribution in [1.82, 2.24) is 24.7 Å². The molecule has 2 rings (SSSR count). The molecule has 0 bridgehead atoms. The summed E-state index contributed by atoms with van der Waals surface area (Å²) in [5.74, 6) is 1.66. The standard InChI is InChI=1S/C11H16N6S/c1-6(2)8-9(12)13-5-14-10(8)18-11-16-15-7(3)17(11)4/h5-6H,1-4H3,(H2,12,13,14). The number of rotatable bonds is 3. The molecule has 2 heterocycles. The first-order valence-electron chi connectivity index (χ1n) is 5.65. The molecule has 7 heteroatoms. The molecule has 0 unspecified atom stereocenters. The summed E-state index contributed by atoms with van der Waals surface area (Å²) in [6.07, 6.45) is 1.48. The van der Waals surface area contributed by atoms with Gasteiger partial charge in [0, 0.05) is 12.6 Å². The minimum Gasteiger partial charge on any atom is -0.383 e. The van der Waals surface area contributed by atoms with Crippen LogP contribution in [0.2, 0.25) is 0 Å². The molecule has 96 valence electrons. The minimum atomic E-state index is 0.267. The number of anilines is 1. The smallest absolute Gasteiger partial charge is 0.197 e. The van der Waals surface area contributed by atoms with E-state index in [1.165, 1.54) is 18.1 Å². The zero-order valence-electron chi connectivity index (χ0n) is 10.9. The van der Waals surface area contributed by atoms with Gasteiger partial charge < -0.3 is 10.3 Å². The van der Waals surface area contributed by atoms with Crippen molar-refractivity contribution in [3.05, 3.63) is 17.7 Å². The van der Waals surface area contributed by atoms with Gasteiger partial charge in [-0.2, -0.15) is 0 Å². The Morgan fingerprint density at radius 1 is 1.28 bits per heavy atom. The molecule has 2 aromatic rings. The molecule has 2 N–H and O–H groups in total. The molecule has 0 saturated carbocycles. The monoisotopic (exact) mass is 264 g/mol. The molecular weight excluding hydrogens is 248 g/mol. The molecule has 0 fully saturated rings. The average Bonchev–Trinajstić information content (AvgIpc) is 2.60. The van der Waals surface area contributed by atoms with Gasteiger partial charge >= 0.3 is 0 Å². The van der Waals surface area contributed by atoms with Crippen molar-refractivity contribution in [2.45, 2.75) is 36.9 Å². The van der Waals surface area contributed by atoms with E-state index in [-0.39, 0.29) is 5.92 Å². The van der Waals surface area contributed by atoms with Crippen LogP contribution in [0, 0.1) is 6.92 Å². The van der Waals surface area contributed by atoms with E-state index in [9.17, 15) is 0 Å². The van der Waals surface area contributed by atoms with Crippen LogP contribution in [0.15, 0.2) is 16.5 Å². The van der Waals surface area contributed by atoms with Gasteiger partial charge in [-0.1, -0.05) is 13.8 Å². The second kappa shape index (κ2) is 4.93. The summed E-state index contributed by atoms with van der Waals surface area (Å²) in [6.45, 7) is 6.05. The van der Waals surface area contributed by atoms with Gasteiger partial charge in [0.05, 0.1) is 0 Å². The van der Waals surface area contributed by atoms with Crippen molar-refractivity contribution < 1.29 is 0 Å². The number of nitrogens with two attached hydrogens (primary N) is 1. The van der Waals surface area contributed by atoms with E-state index in [0.29, 0.717) is 5.82 Å². The Morgan fingerprint density at radius 2 is 2.00 bits per heavy atom. The Balaban J connectivity index is 2.40. The van der Waals surface area contributed by atoms with E-state index in [4.69, 9.17) is 5.73 Å². The Bertz CT molecular complexity index is 563. The maximum absolute atomic E-state index is 5.91. The van der Waals surface area contributed by atoms with Crippen LogP contribution < -0.4 is 5.73 Å². The van der Waals surface area contributed by atoms with Crippen LogP contribution in [0.5, 0.6) is 0 Å². The van der Waals surface area contributed by atoms with Crippen molar-refractivity contribution in [1.29, 1.82) is 0 Å². The number of aryl methyl sites for hydroxylation is 1. The summed E-state index contributed by atoms with van der Waals surface area (Å²) in [4.78, 5) is 8.34. The maximum atomic E-state index is 5.91. The van der Waals surface area contributed by atoms with E-state index in [1.54, 1.807) is 0 Å². The van der Waals surface area contributed by atoms with Gasteiger partial charge in [0.15, 0.2) is 5.16 Å². The molecule has 0 aliphatic heterocycles. The molecule has 0 aliphatic carbocycles. The van der Waals surface area contributed by atoms with Crippen molar-refractivity contribution >= 4 is 17.6 Å². The van der Waals surface area contributed by atoms with Crippen LogP contribution in [0.3, 0.4) is 0 Å². The van der Waals surface area contributed by atoms with Gasteiger partial charge in [-0.25, -0.2) is 9.97 Å². The van der Waals surface area contributed by atoms with Crippen molar-refractivity contribution in [2.75, 3.05) is 5.73 Å². The molecule has 0 spiro atoms. The summed E-state index contributed by atoms with van der Waals surface area (Å²) < 4.78 is 1.92. The van der Waals surface area contributed by atoms with Gasteiger partial charge in [-0.3, -0.25) is 0 Å². The average molecular weight is 264 g/mol. The lowest BCUT2D eigenvalue weighted by Gasteiger charge is -2.12. The van der Waals surface area contributed by atoms with Crippen molar-refractivity contribution in [3.8, 4) is 0 Å². The molecule has 0 aromatic carbocycles. The minimum absolute atomic E-state index is 0.267. The topological polar surface area (TPSA) is 82.5 Å². The first-order valence-corrected chi connectivity index (χ1v) is 6.46. The summed E-state index contributed by atoms with van der Waals surface area (Å²) in [7, 11) is 1.93. The van der Waals surface area contributed by atoms with E-state index < -0.39 is 0 Å². The SMILES string of the molecule is Cc1nnc(Sc2ncnc(N)c2C(C)C)n1C. The zero-order valence-corrected chi connectivity index (χ0v) is 11.7. The quantitative estimate of drug-likeness (QED) is 0.851. The second-order valence-electron chi connectivity index (χ2n) is 4.32. The summed E-state index contributed by atoms with van der Waals surface area (Å²) in [6, 6.07) is 0. The fourth-order valence-electron chi connectivity index (χ4n) is 1.58. The highest BCUT2D eigenvalue weighted by molar-refractivity contribution is 7.99. The third-order valence-electron chi connectivity index (χ3n) is 2.70. The fourth-order valence-corrected chi connectivity index (χ4v) is 2.65. The van der Waals surface area contributed by atoms with E-state index in [1.807, 2.05) is 18.5 Å². The number of hydrogen-bond donors (Lipinski definition) is 1. The van der Waals surface area contributed by atoms with Gasteiger partial charge in [-0.15, -0.1) is 10.2 Å².